The van der Waals surface area contributed by atoms with E-state index in [4.69, 9.17) is 0 Å². The summed E-state index contributed by atoms with van der Waals surface area (Å²) >= 11 is 0. The van der Waals surface area contributed by atoms with Crippen LogP contribution < -0.4 is 4.90 Å². The molecule has 7 aromatic carbocycles. The zero-order valence-electron chi connectivity index (χ0n) is 27.9. The maximum absolute atomic E-state index is 2.55. The molecule has 51 heavy (non-hydrogen) atoms. The van der Waals surface area contributed by atoms with Gasteiger partial charge in [-0.1, -0.05) is 115 Å². The van der Waals surface area contributed by atoms with Gasteiger partial charge in [-0.15, -0.1) is 0 Å². The van der Waals surface area contributed by atoms with E-state index in [1.54, 1.807) is 0 Å². The number of rotatable bonds is 4. The summed E-state index contributed by atoms with van der Waals surface area (Å²) in [5, 5.41) is 3.81. The standard InChI is InChI=1S/C48H33N3/c1-3-14-32(15-4-1)33-16-13-19-35(28-33)50-44-24-11-7-20-37(44)40-29-36(26-27-46(40)50)51-45-25-12-9-22-39(45)42-30-41-38-21-8-10-23-43(38)49(47(41)31-48(42)51)34-17-5-2-6-18-34/h1-30,47H,31H2. The molecule has 0 saturated carbocycles. The van der Waals surface area contributed by atoms with Crippen molar-refractivity contribution in [1.29, 1.82) is 0 Å². The first-order valence-corrected chi connectivity index (χ1v) is 17.8. The number of hydrogen-bond donors (Lipinski definition) is 0. The Kier molecular flexibility index (Phi) is 6.08. The highest BCUT2D eigenvalue weighted by Gasteiger charge is 2.39. The van der Waals surface area contributed by atoms with Crippen LogP contribution in [0.25, 0.3) is 66.9 Å². The molecule has 0 spiro atoms. The molecule has 9 aromatic rings. The zero-order valence-corrected chi connectivity index (χ0v) is 27.9. The Hall–Kier alpha value is -6.58. The van der Waals surface area contributed by atoms with Gasteiger partial charge in [0, 0.05) is 62.1 Å². The molecular weight excluding hydrogens is 619 g/mol. The number of aromatic nitrogens is 2. The smallest absolute Gasteiger partial charge is 0.0653 e. The predicted octanol–water partition coefficient (Wildman–Crippen LogP) is 12.0. The molecule has 1 aliphatic carbocycles. The highest BCUT2D eigenvalue weighted by Crippen LogP contribution is 2.50. The number of nitrogens with zero attached hydrogens (tertiary/aromatic N) is 3. The topological polar surface area (TPSA) is 13.1 Å². The van der Waals surface area contributed by atoms with Gasteiger partial charge in [0.25, 0.3) is 0 Å². The second-order valence-corrected chi connectivity index (χ2v) is 13.7. The lowest BCUT2D eigenvalue weighted by Gasteiger charge is -2.31. The Morgan fingerprint density at radius 3 is 1.90 bits per heavy atom. The highest BCUT2D eigenvalue weighted by molar-refractivity contribution is 6.11. The van der Waals surface area contributed by atoms with Crippen LogP contribution in [0.2, 0.25) is 0 Å². The van der Waals surface area contributed by atoms with E-state index in [-0.39, 0.29) is 6.04 Å². The van der Waals surface area contributed by atoms with Gasteiger partial charge in [0.2, 0.25) is 0 Å². The first-order valence-electron chi connectivity index (χ1n) is 17.8. The monoisotopic (exact) mass is 651 g/mol. The second kappa shape index (κ2) is 11.0. The number of hydrogen-bond acceptors (Lipinski definition) is 1. The third kappa shape index (κ3) is 4.18. The fourth-order valence-corrected chi connectivity index (χ4v) is 8.84. The average Bonchev–Trinajstić information content (AvgIpc) is 3.83. The molecule has 0 amide bonds. The molecule has 1 atom stereocenters. The summed E-state index contributed by atoms with van der Waals surface area (Å²) in [4.78, 5) is 2.55. The van der Waals surface area contributed by atoms with Crippen LogP contribution in [0.4, 0.5) is 11.4 Å². The molecule has 0 bridgehead atoms. The average molecular weight is 652 g/mol. The number of anilines is 2. The van der Waals surface area contributed by atoms with E-state index in [0.717, 1.165) is 6.42 Å². The minimum Gasteiger partial charge on any atom is -0.333 e. The van der Waals surface area contributed by atoms with Crippen LogP contribution >= 0.6 is 0 Å². The van der Waals surface area contributed by atoms with E-state index < -0.39 is 0 Å². The summed E-state index contributed by atoms with van der Waals surface area (Å²) in [6, 6.07) is 64.4. The van der Waals surface area contributed by atoms with Gasteiger partial charge in [0.15, 0.2) is 0 Å². The predicted molar refractivity (Wildman–Crippen MR) is 213 cm³/mol. The van der Waals surface area contributed by atoms with Crippen LogP contribution in [-0.4, -0.2) is 15.2 Å². The van der Waals surface area contributed by atoms with Crippen molar-refractivity contribution < 1.29 is 0 Å². The van der Waals surface area contributed by atoms with Crippen LogP contribution in [0, 0.1) is 0 Å². The fraction of sp³-hybridized carbons (Fsp3) is 0.0417. The number of fused-ring (bicyclic) bond motifs is 9. The normalized spacial score (nSPS) is 14.9. The Labute approximate surface area is 296 Å². The Morgan fingerprint density at radius 2 is 1.06 bits per heavy atom. The van der Waals surface area contributed by atoms with Crippen LogP contribution in [0.15, 0.2) is 176 Å². The Balaban J connectivity index is 1.11. The number of para-hydroxylation sites is 4. The van der Waals surface area contributed by atoms with E-state index in [2.05, 4.69) is 196 Å². The minimum absolute atomic E-state index is 0.211. The molecule has 0 N–H and O–H groups in total. The summed E-state index contributed by atoms with van der Waals surface area (Å²) in [6.07, 6.45) is 3.39. The van der Waals surface area contributed by atoms with E-state index in [1.165, 1.54) is 89.0 Å². The van der Waals surface area contributed by atoms with Gasteiger partial charge < -0.3 is 14.0 Å². The zero-order chi connectivity index (χ0) is 33.5. The van der Waals surface area contributed by atoms with Crippen molar-refractivity contribution in [3.8, 4) is 22.5 Å². The summed E-state index contributed by atoms with van der Waals surface area (Å²) in [6.45, 7) is 0. The first-order chi connectivity index (χ1) is 25.3. The lowest BCUT2D eigenvalue weighted by Crippen LogP contribution is -2.31. The molecule has 2 aromatic heterocycles. The van der Waals surface area contributed by atoms with Gasteiger partial charge >= 0.3 is 0 Å². The van der Waals surface area contributed by atoms with Gasteiger partial charge in [-0.3, -0.25) is 0 Å². The summed E-state index contributed by atoms with van der Waals surface area (Å²) < 4.78 is 4.96. The van der Waals surface area contributed by atoms with Crippen molar-refractivity contribution in [1.82, 2.24) is 9.13 Å². The fourth-order valence-electron chi connectivity index (χ4n) is 8.84. The summed E-state index contributed by atoms with van der Waals surface area (Å²) in [5.41, 5.74) is 16.4. The van der Waals surface area contributed by atoms with Crippen LogP contribution in [0.1, 0.15) is 16.8 Å². The largest absolute Gasteiger partial charge is 0.333 e. The maximum atomic E-state index is 2.55. The molecule has 0 radical (unpaired) electrons. The third-order valence-electron chi connectivity index (χ3n) is 11.0. The van der Waals surface area contributed by atoms with Crippen molar-refractivity contribution in [3.63, 3.8) is 0 Å². The van der Waals surface area contributed by atoms with Crippen LogP contribution in [0.3, 0.4) is 0 Å². The third-order valence-corrected chi connectivity index (χ3v) is 11.0. The van der Waals surface area contributed by atoms with Crippen molar-refractivity contribution in [2.45, 2.75) is 12.5 Å². The molecule has 0 fully saturated rings. The molecule has 240 valence electrons. The van der Waals surface area contributed by atoms with Crippen molar-refractivity contribution >= 4 is 55.7 Å². The van der Waals surface area contributed by atoms with E-state index in [9.17, 15) is 0 Å². The lowest BCUT2D eigenvalue weighted by atomic mass is 9.89. The Morgan fingerprint density at radius 1 is 0.431 bits per heavy atom. The lowest BCUT2D eigenvalue weighted by molar-refractivity contribution is 0.771. The molecule has 3 heterocycles. The first kappa shape index (κ1) is 28.3. The second-order valence-electron chi connectivity index (χ2n) is 13.7. The quantitative estimate of drug-likeness (QED) is 0.185. The molecule has 3 nitrogen and oxygen atoms in total. The van der Waals surface area contributed by atoms with Crippen LogP contribution in [0.5, 0.6) is 0 Å². The molecule has 1 aliphatic heterocycles. The molecule has 2 aliphatic rings. The van der Waals surface area contributed by atoms with Gasteiger partial charge in [0.05, 0.1) is 22.6 Å². The Bertz CT molecular complexity index is 2840. The molecule has 0 saturated heterocycles. The van der Waals surface area contributed by atoms with E-state index >= 15 is 0 Å². The van der Waals surface area contributed by atoms with Gasteiger partial charge in [-0.25, -0.2) is 0 Å². The van der Waals surface area contributed by atoms with Crippen molar-refractivity contribution in [3.05, 3.63) is 193 Å². The summed E-state index contributed by atoms with van der Waals surface area (Å²) in [7, 11) is 0. The van der Waals surface area contributed by atoms with Gasteiger partial charge in [0.1, 0.15) is 0 Å². The summed E-state index contributed by atoms with van der Waals surface area (Å²) in [5.74, 6) is 0. The van der Waals surface area contributed by atoms with Crippen LogP contribution in [-0.2, 0) is 6.42 Å². The van der Waals surface area contributed by atoms with Gasteiger partial charge in [-0.2, -0.15) is 0 Å². The highest BCUT2D eigenvalue weighted by atomic mass is 15.2. The molecule has 11 rings (SSSR count). The maximum Gasteiger partial charge on any atom is 0.0653 e. The van der Waals surface area contributed by atoms with E-state index in [1.807, 2.05) is 0 Å². The molecular formula is C48H33N3. The molecule has 3 heteroatoms. The van der Waals surface area contributed by atoms with Crippen molar-refractivity contribution in [2.75, 3.05) is 4.90 Å². The van der Waals surface area contributed by atoms with Crippen molar-refractivity contribution in [2.24, 2.45) is 0 Å². The SMILES string of the molecule is C1=C2c3ccccc3N(c3ccccc3)C2Cc2c1c1ccccc1n2-c1ccc2c(c1)c1ccccc1n2-c1cccc(-c2ccccc2)c1. The van der Waals surface area contributed by atoms with Gasteiger partial charge in [-0.05, 0) is 83.4 Å². The van der Waals surface area contributed by atoms with E-state index in [0.29, 0.717) is 0 Å². The molecule has 1 unspecified atom stereocenters. The minimum atomic E-state index is 0.211. The number of benzene rings is 7.